The maximum Gasteiger partial charge on any atom is 0.416 e. The quantitative estimate of drug-likeness (QED) is 0.205. The molecule has 1 aliphatic heterocycles. The summed E-state index contributed by atoms with van der Waals surface area (Å²) in [5.74, 6) is -7.12. The lowest BCUT2D eigenvalue weighted by Gasteiger charge is -2.26. The molecule has 1 fully saturated rings. The summed E-state index contributed by atoms with van der Waals surface area (Å²) in [6.07, 6.45) is -5.46. The largest absolute Gasteiger partial charge is 0.463 e. The molecule has 2 amide bonds. The van der Waals surface area contributed by atoms with Crippen LogP contribution in [0, 0.1) is 5.92 Å². The van der Waals surface area contributed by atoms with Gasteiger partial charge in [-0.1, -0.05) is 42.5 Å². The number of alkyl halides is 4. The third-order valence-corrected chi connectivity index (χ3v) is 5.28. The van der Waals surface area contributed by atoms with Crippen molar-refractivity contribution in [3.63, 3.8) is 0 Å². The van der Waals surface area contributed by atoms with E-state index in [2.05, 4.69) is 4.74 Å². The summed E-state index contributed by atoms with van der Waals surface area (Å²) in [4.78, 5) is 51.7. The predicted molar refractivity (Wildman–Crippen MR) is 106 cm³/mol. The molecule has 0 unspecified atom stereocenters. The Morgan fingerprint density at radius 3 is 2.15 bits per heavy atom. The second kappa shape index (κ2) is 9.13. The summed E-state index contributed by atoms with van der Waals surface area (Å²) in [5, 5.41) is 0. The van der Waals surface area contributed by atoms with Crippen molar-refractivity contribution in [1.82, 2.24) is 4.90 Å². The van der Waals surface area contributed by atoms with Gasteiger partial charge >= 0.3 is 12.1 Å². The van der Waals surface area contributed by atoms with Gasteiger partial charge < -0.3 is 4.74 Å². The number of ether oxygens (including phenoxy) is 1. The van der Waals surface area contributed by atoms with Gasteiger partial charge in [-0.3, -0.25) is 19.3 Å². The number of halogens is 4. The first-order valence-electron chi connectivity index (χ1n) is 9.96. The number of likely N-dealkylation sites (tertiary alicyclic amines) is 1. The van der Waals surface area contributed by atoms with Crippen molar-refractivity contribution in [3.8, 4) is 0 Å². The number of hydrogen-bond donors (Lipinski definition) is 0. The van der Waals surface area contributed by atoms with E-state index in [0.717, 1.165) is 4.90 Å². The van der Waals surface area contributed by atoms with Crippen LogP contribution in [-0.2, 0) is 31.8 Å². The van der Waals surface area contributed by atoms with Crippen LogP contribution >= 0.6 is 0 Å². The molecule has 1 aliphatic rings. The molecule has 2 atom stereocenters. The van der Waals surface area contributed by atoms with Gasteiger partial charge in [0, 0.05) is 12.0 Å². The van der Waals surface area contributed by atoms with E-state index in [1.54, 1.807) is 30.3 Å². The highest BCUT2D eigenvalue weighted by atomic mass is 19.4. The van der Waals surface area contributed by atoms with Crippen LogP contribution in [0.15, 0.2) is 54.6 Å². The van der Waals surface area contributed by atoms with Crippen LogP contribution in [0.5, 0.6) is 0 Å². The van der Waals surface area contributed by atoms with Crippen LogP contribution < -0.4 is 0 Å². The molecular formula is C23H19F4NO5. The minimum absolute atomic E-state index is 0.192. The Kier molecular flexibility index (Phi) is 6.66. The minimum atomic E-state index is -4.69. The molecule has 0 spiro atoms. The Bertz CT molecular complexity index is 1070. The van der Waals surface area contributed by atoms with E-state index < -0.39 is 58.9 Å². The lowest BCUT2D eigenvalue weighted by Crippen LogP contribution is -2.52. The Labute approximate surface area is 186 Å². The molecule has 6 nitrogen and oxygen atoms in total. The van der Waals surface area contributed by atoms with Gasteiger partial charge in [-0.25, -0.2) is 9.18 Å². The number of Topliss-reactive ketones (excluding diaryl/α,β-unsaturated/α-hetero) is 1. The first-order chi connectivity index (χ1) is 15.5. The molecule has 1 saturated heterocycles. The van der Waals surface area contributed by atoms with Crippen LogP contribution in [0.25, 0.3) is 0 Å². The van der Waals surface area contributed by atoms with Crippen LogP contribution in [-0.4, -0.2) is 40.7 Å². The molecule has 10 heteroatoms. The van der Waals surface area contributed by atoms with Crippen molar-refractivity contribution in [2.45, 2.75) is 31.7 Å². The normalized spacial score (nSPS) is 18.2. The lowest BCUT2D eigenvalue weighted by atomic mass is 9.81. The summed E-state index contributed by atoms with van der Waals surface area (Å²) < 4.78 is 59.3. The van der Waals surface area contributed by atoms with Crippen molar-refractivity contribution in [2.75, 3.05) is 6.61 Å². The summed E-state index contributed by atoms with van der Waals surface area (Å²) >= 11 is 0. The number of carbonyl (C=O) groups excluding carboxylic acids is 4. The van der Waals surface area contributed by atoms with E-state index in [9.17, 15) is 32.3 Å². The molecule has 33 heavy (non-hydrogen) atoms. The van der Waals surface area contributed by atoms with Gasteiger partial charge in [-0.05, 0) is 24.6 Å². The maximum atomic E-state index is 16.2. The van der Waals surface area contributed by atoms with Crippen LogP contribution in [0.2, 0.25) is 0 Å². The molecule has 2 aromatic carbocycles. The number of esters is 1. The van der Waals surface area contributed by atoms with Crippen molar-refractivity contribution in [2.24, 2.45) is 5.92 Å². The fourth-order valence-electron chi connectivity index (χ4n) is 3.58. The highest BCUT2D eigenvalue weighted by Crippen LogP contribution is 2.38. The zero-order valence-corrected chi connectivity index (χ0v) is 17.4. The van der Waals surface area contributed by atoms with Crippen LogP contribution in [0.1, 0.15) is 34.8 Å². The van der Waals surface area contributed by atoms with Gasteiger partial charge in [0.2, 0.25) is 17.6 Å². The number of hydrogen-bond acceptors (Lipinski definition) is 5. The van der Waals surface area contributed by atoms with E-state index in [1.165, 1.54) is 6.92 Å². The average molecular weight is 465 g/mol. The summed E-state index contributed by atoms with van der Waals surface area (Å²) in [6.45, 7) is 0.833. The molecule has 2 aromatic rings. The van der Waals surface area contributed by atoms with Gasteiger partial charge in [0.05, 0.1) is 18.7 Å². The topological polar surface area (TPSA) is 80.8 Å². The zero-order valence-electron chi connectivity index (χ0n) is 17.4. The SMILES string of the molecule is CCOC(=O)[C@@](F)(C(=O)c1ccc(C(F)(F)F)cc1)[C@H]1CC(=O)N(Cc2ccccc2)C1=O. The van der Waals surface area contributed by atoms with E-state index in [1.807, 2.05) is 0 Å². The van der Waals surface area contributed by atoms with Gasteiger partial charge in [0.1, 0.15) is 5.92 Å². The van der Waals surface area contributed by atoms with E-state index in [4.69, 9.17) is 0 Å². The number of amides is 2. The maximum absolute atomic E-state index is 16.2. The van der Waals surface area contributed by atoms with Gasteiger partial charge in [0.25, 0.3) is 5.67 Å². The van der Waals surface area contributed by atoms with E-state index in [-0.39, 0.29) is 13.2 Å². The molecular weight excluding hydrogens is 446 g/mol. The monoisotopic (exact) mass is 465 g/mol. The first kappa shape index (κ1) is 24.1. The Morgan fingerprint density at radius 2 is 1.61 bits per heavy atom. The Hall–Kier alpha value is -3.56. The molecule has 0 aromatic heterocycles. The summed E-state index contributed by atoms with van der Waals surface area (Å²) in [7, 11) is 0. The standard InChI is InChI=1S/C23H19F4NO5/c1-2-33-21(32)22(24,19(30)15-8-10-16(11-9-15)23(25,26)27)17-12-18(29)28(20(17)31)13-14-6-4-3-5-7-14/h3-11,17H,2,12-13H2,1H3/t17-,22-/m0/s1. The first-order valence-corrected chi connectivity index (χ1v) is 9.96. The lowest BCUT2D eigenvalue weighted by molar-refractivity contribution is -0.160. The van der Waals surface area contributed by atoms with Gasteiger partial charge in [-0.15, -0.1) is 0 Å². The molecule has 0 aliphatic carbocycles. The summed E-state index contributed by atoms with van der Waals surface area (Å²) in [6, 6.07) is 10.9. The van der Waals surface area contributed by atoms with E-state index >= 15 is 4.39 Å². The van der Waals surface area contributed by atoms with Crippen molar-refractivity contribution in [1.29, 1.82) is 0 Å². The third kappa shape index (κ3) is 4.64. The fourth-order valence-corrected chi connectivity index (χ4v) is 3.58. The fraction of sp³-hybridized carbons (Fsp3) is 0.304. The number of nitrogens with zero attached hydrogens (tertiary/aromatic N) is 1. The molecule has 0 N–H and O–H groups in total. The van der Waals surface area contributed by atoms with Crippen molar-refractivity contribution >= 4 is 23.6 Å². The molecule has 0 bridgehead atoms. The second-order valence-electron chi connectivity index (χ2n) is 7.40. The zero-order chi connectivity index (χ0) is 24.4. The van der Waals surface area contributed by atoms with Crippen molar-refractivity contribution < 1.29 is 41.5 Å². The number of imide groups is 1. The molecule has 174 valence electrons. The highest BCUT2D eigenvalue weighted by Gasteiger charge is 2.62. The predicted octanol–water partition coefficient (Wildman–Crippen LogP) is 3.73. The van der Waals surface area contributed by atoms with Crippen LogP contribution in [0.3, 0.4) is 0 Å². The smallest absolute Gasteiger partial charge is 0.416 e. The molecule has 0 radical (unpaired) electrons. The Balaban J connectivity index is 1.96. The number of carbonyl (C=O) groups is 4. The minimum Gasteiger partial charge on any atom is -0.463 e. The molecule has 0 saturated carbocycles. The molecule has 3 rings (SSSR count). The Morgan fingerprint density at radius 1 is 1.00 bits per heavy atom. The second-order valence-corrected chi connectivity index (χ2v) is 7.40. The molecule has 1 heterocycles. The average Bonchev–Trinajstić information content (AvgIpc) is 3.07. The van der Waals surface area contributed by atoms with Crippen LogP contribution in [0.4, 0.5) is 17.6 Å². The highest BCUT2D eigenvalue weighted by molar-refractivity contribution is 6.20. The third-order valence-electron chi connectivity index (χ3n) is 5.28. The van der Waals surface area contributed by atoms with Gasteiger partial charge in [0.15, 0.2) is 0 Å². The summed E-state index contributed by atoms with van der Waals surface area (Å²) in [5.41, 5.74) is -4.68. The van der Waals surface area contributed by atoms with E-state index in [0.29, 0.717) is 29.8 Å². The van der Waals surface area contributed by atoms with Gasteiger partial charge in [-0.2, -0.15) is 13.2 Å². The number of rotatable bonds is 7. The number of ketones is 1. The van der Waals surface area contributed by atoms with Crippen molar-refractivity contribution in [3.05, 3.63) is 71.3 Å². The number of benzene rings is 2.